The average molecular weight is 424 g/mol. The Bertz CT molecular complexity index is 1210. The van der Waals surface area contributed by atoms with Gasteiger partial charge in [-0.2, -0.15) is 0 Å². The number of hydrogen-bond acceptors (Lipinski definition) is 4. The number of thiophene rings is 1. The lowest BCUT2D eigenvalue weighted by Crippen LogP contribution is -2.18. The first-order valence-electron chi connectivity index (χ1n) is 8.95. The fraction of sp³-hybridized carbons (Fsp3) is 0.0909. The van der Waals surface area contributed by atoms with Gasteiger partial charge in [0.25, 0.3) is 0 Å². The van der Waals surface area contributed by atoms with Gasteiger partial charge in [0.15, 0.2) is 0 Å². The minimum atomic E-state index is -0.408. The maximum absolute atomic E-state index is 13.2. The second-order valence-electron chi connectivity index (χ2n) is 6.57. The summed E-state index contributed by atoms with van der Waals surface area (Å²) in [5, 5.41) is 7.25. The molecule has 7 heteroatoms. The monoisotopic (exact) mass is 423 g/mol. The molecule has 2 heterocycles. The minimum Gasteiger partial charge on any atom is -0.308 e. The van der Waals surface area contributed by atoms with E-state index in [1.807, 2.05) is 24.4 Å². The number of benzene rings is 2. The fourth-order valence-corrected chi connectivity index (χ4v) is 4.95. The zero-order chi connectivity index (χ0) is 20.4. The number of aryl methyl sites for hydroxylation is 2. The zero-order valence-corrected chi connectivity index (χ0v) is 17.5. The number of rotatable bonds is 4. The van der Waals surface area contributed by atoms with Crippen LogP contribution in [0, 0.1) is 19.7 Å². The third-order valence-electron chi connectivity index (χ3n) is 4.43. The van der Waals surface area contributed by atoms with E-state index in [4.69, 9.17) is 0 Å². The van der Waals surface area contributed by atoms with Crippen LogP contribution in [-0.2, 0) is 0 Å². The maximum Gasteiger partial charge on any atom is 0.324 e. The Morgan fingerprint density at radius 1 is 1.03 bits per heavy atom. The molecule has 4 nitrogen and oxygen atoms in total. The molecule has 2 amide bonds. The molecule has 0 saturated heterocycles. The van der Waals surface area contributed by atoms with Crippen molar-refractivity contribution in [3.63, 3.8) is 0 Å². The third kappa shape index (κ3) is 4.58. The Kier molecular flexibility index (Phi) is 5.51. The van der Waals surface area contributed by atoms with E-state index in [1.165, 1.54) is 34.6 Å². The molecule has 0 unspecified atom stereocenters. The minimum absolute atomic E-state index is 0.396. The Hall–Kier alpha value is -2.90. The van der Waals surface area contributed by atoms with Gasteiger partial charge in [0.2, 0.25) is 0 Å². The normalized spacial score (nSPS) is 10.9. The molecule has 4 aromatic rings. The van der Waals surface area contributed by atoms with Crippen LogP contribution in [0.4, 0.5) is 19.9 Å². The lowest BCUT2D eigenvalue weighted by atomic mass is 10.1. The van der Waals surface area contributed by atoms with Crippen molar-refractivity contribution in [3.05, 3.63) is 77.7 Å². The van der Waals surface area contributed by atoms with E-state index >= 15 is 0 Å². The molecular formula is C22H18FN3OS2. The molecule has 0 saturated carbocycles. The summed E-state index contributed by atoms with van der Waals surface area (Å²) in [6, 6.07) is 15.5. The number of nitrogens with zero attached hydrogens (tertiary/aromatic N) is 1. The second kappa shape index (κ2) is 8.23. The first-order chi connectivity index (χ1) is 14.0. The van der Waals surface area contributed by atoms with Gasteiger partial charge in [0.1, 0.15) is 5.82 Å². The molecule has 2 aromatic heterocycles. The Morgan fingerprint density at radius 3 is 2.69 bits per heavy atom. The van der Waals surface area contributed by atoms with E-state index in [0.29, 0.717) is 10.7 Å². The van der Waals surface area contributed by atoms with E-state index in [-0.39, 0.29) is 0 Å². The smallest absolute Gasteiger partial charge is 0.308 e. The molecule has 0 aliphatic carbocycles. The van der Waals surface area contributed by atoms with Crippen molar-refractivity contribution in [2.45, 2.75) is 23.0 Å². The van der Waals surface area contributed by atoms with Gasteiger partial charge in [0.05, 0.1) is 14.7 Å². The van der Waals surface area contributed by atoms with E-state index in [2.05, 4.69) is 41.6 Å². The summed E-state index contributed by atoms with van der Waals surface area (Å²) in [5.41, 5.74) is 3.83. The number of fused-ring (bicyclic) bond motifs is 1. The van der Waals surface area contributed by atoms with Crippen molar-refractivity contribution in [1.29, 1.82) is 0 Å². The summed E-state index contributed by atoms with van der Waals surface area (Å²) in [6.07, 6.45) is 1.82. The van der Waals surface area contributed by atoms with Gasteiger partial charge in [-0.25, -0.2) is 9.18 Å². The molecule has 2 aromatic carbocycles. The highest BCUT2D eigenvalue weighted by atomic mass is 32.2. The van der Waals surface area contributed by atoms with Gasteiger partial charge in [-0.1, -0.05) is 17.8 Å². The number of halogens is 1. The molecule has 146 valence electrons. The van der Waals surface area contributed by atoms with E-state index in [1.54, 1.807) is 23.9 Å². The molecule has 0 aliphatic heterocycles. The van der Waals surface area contributed by atoms with Crippen LogP contribution in [0.1, 0.15) is 11.1 Å². The second-order valence-corrected chi connectivity index (χ2v) is 9.00. The highest BCUT2D eigenvalue weighted by Crippen LogP contribution is 2.38. The van der Waals surface area contributed by atoms with Crippen LogP contribution in [0.5, 0.6) is 0 Å². The highest BCUT2D eigenvalue weighted by Gasteiger charge is 2.10. The quantitative estimate of drug-likeness (QED) is 0.377. The molecule has 2 N–H and O–H groups in total. The van der Waals surface area contributed by atoms with Gasteiger partial charge >= 0.3 is 6.03 Å². The molecule has 0 bridgehead atoms. The van der Waals surface area contributed by atoms with E-state index in [9.17, 15) is 9.18 Å². The molecular weight excluding hydrogens is 405 g/mol. The highest BCUT2D eigenvalue weighted by molar-refractivity contribution is 8.01. The Labute approximate surface area is 176 Å². The lowest BCUT2D eigenvalue weighted by Gasteiger charge is -2.08. The number of carbonyl (C=O) groups is 1. The summed E-state index contributed by atoms with van der Waals surface area (Å²) < 4.78 is 14.3. The van der Waals surface area contributed by atoms with Crippen molar-refractivity contribution in [1.82, 2.24) is 4.98 Å². The zero-order valence-electron chi connectivity index (χ0n) is 15.8. The van der Waals surface area contributed by atoms with Crippen LogP contribution in [0.2, 0.25) is 0 Å². The van der Waals surface area contributed by atoms with Crippen LogP contribution in [0.3, 0.4) is 0 Å². The van der Waals surface area contributed by atoms with Crippen LogP contribution >= 0.6 is 23.1 Å². The van der Waals surface area contributed by atoms with Crippen LogP contribution in [0.15, 0.2) is 69.9 Å². The number of anilines is 2. The first-order valence-corrected chi connectivity index (χ1v) is 10.6. The van der Waals surface area contributed by atoms with Crippen LogP contribution < -0.4 is 10.6 Å². The number of carbonyl (C=O) groups excluding carboxylic acids is 1. The molecule has 4 rings (SSSR count). The SMILES string of the molecule is Cc1cc2nccc(Sc3ccc(NC(=O)Nc4cccc(F)c4)s3)c2cc1C. The van der Waals surface area contributed by atoms with Crippen molar-refractivity contribution in [3.8, 4) is 0 Å². The molecule has 0 radical (unpaired) electrons. The average Bonchev–Trinajstić information content (AvgIpc) is 3.10. The van der Waals surface area contributed by atoms with Crippen LogP contribution in [0.25, 0.3) is 10.9 Å². The summed E-state index contributed by atoms with van der Waals surface area (Å²) in [7, 11) is 0. The summed E-state index contributed by atoms with van der Waals surface area (Å²) in [4.78, 5) is 17.7. The standard InChI is InChI=1S/C22H18FN3OS2/c1-13-10-17-18(11-14(13)2)24-9-8-19(17)28-21-7-6-20(29-21)26-22(27)25-16-5-3-4-15(23)12-16/h3-12H,1-2H3,(H2,25,26,27). The van der Waals surface area contributed by atoms with Gasteiger partial charge in [0, 0.05) is 22.2 Å². The van der Waals surface area contributed by atoms with Crippen LogP contribution in [-0.4, -0.2) is 11.0 Å². The van der Waals surface area contributed by atoms with Crippen molar-refractivity contribution < 1.29 is 9.18 Å². The Morgan fingerprint density at radius 2 is 1.86 bits per heavy atom. The van der Waals surface area contributed by atoms with E-state index in [0.717, 1.165) is 20.0 Å². The number of pyridine rings is 1. The molecule has 0 spiro atoms. The number of nitrogens with one attached hydrogen (secondary N) is 2. The fourth-order valence-electron chi connectivity index (χ4n) is 2.86. The maximum atomic E-state index is 13.2. The van der Waals surface area contributed by atoms with Gasteiger partial charge < -0.3 is 5.32 Å². The summed E-state index contributed by atoms with van der Waals surface area (Å²) >= 11 is 3.12. The van der Waals surface area contributed by atoms with Crippen molar-refractivity contribution >= 4 is 50.7 Å². The predicted octanol–water partition coefficient (Wildman–Crippen LogP) is 6.85. The summed E-state index contributed by atoms with van der Waals surface area (Å²) in [5.74, 6) is -0.396. The largest absolute Gasteiger partial charge is 0.324 e. The Balaban J connectivity index is 1.48. The number of urea groups is 1. The van der Waals surface area contributed by atoms with E-state index < -0.39 is 11.8 Å². The number of aromatic nitrogens is 1. The molecule has 0 aliphatic rings. The van der Waals surface area contributed by atoms with Gasteiger partial charge in [-0.15, -0.1) is 11.3 Å². The predicted molar refractivity (Wildman–Crippen MR) is 119 cm³/mol. The van der Waals surface area contributed by atoms with Crippen molar-refractivity contribution in [2.75, 3.05) is 10.6 Å². The lowest BCUT2D eigenvalue weighted by molar-refractivity contribution is 0.262. The van der Waals surface area contributed by atoms with Crippen molar-refractivity contribution in [2.24, 2.45) is 0 Å². The molecule has 0 fully saturated rings. The molecule has 29 heavy (non-hydrogen) atoms. The molecule has 0 atom stereocenters. The topological polar surface area (TPSA) is 54.0 Å². The number of hydrogen-bond donors (Lipinski definition) is 2. The van der Waals surface area contributed by atoms with Gasteiger partial charge in [-0.3, -0.25) is 10.3 Å². The van der Waals surface area contributed by atoms with Gasteiger partial charge in [-0.05, 0) is 73.5 Å². The summed E-state index contributed by atoms with van der Waals surface area (Å²) in [6.45, 7) is 4.18. The number of amides is 2. The first kappa shape index (κ1) is 19.4. The third-order valence-corrected chi connectivity index (χ3v) is 6.64.